The van der Waals surface area contributed by atoms with Crippen LogP contribution in [-0.4, -0.2) is 19.9 Å². The van der Waals surface area contributed by atoms with E-state index in [1.54, 1.807) is 12.1 Å². The maximum Gasteiger partial charge on any atom is 0.276 e. The van der Waals surface area contributed by atoms with E-state index in [1.165, 1.54) is 12.1 Å². The van der Waals surface area contributed by atoms with E-state index in [9.17, 15) is 13.2 Å². The molecule has 2 atom stereocenters. The second-order valence-corrected chi connectivity index (χ2v) is 7.14. The third-order valence-electron chi connectivity index (χ3n) is 4.06. The van der Waals surface area contributed by atoms with Crippen molar-refractivity contribution in [3.8, 4) is 0 Å². The van der Waals surface area contributed by atoms with Gasteiger partial charge in [-0.15, -0.1) is 0 Å². The lowest BCUT2D eigenvalue weighted by molar-refractivity contribution is -0.115. The van der Waals surface area contributed by atoms with Gasteiger partial charge in [0, 0.05) is 11.8 Å². The summed E-state index contributed by atoms with van der Waals surface area (Å²) >= 11 is 0. The summed E-state index contributed by atoms with van der Waals surface area (Å²) < 4.78 is 24.2. The summed E-state index contributed by atoms with van der Waals surface area (Å²) in [5.41, 5.74) is 1.38. The van der Waals surface area contributed by atoms with Crippen molar-refractivity contribution in [1.29, 1.82) is 0 Å². The number of benzene rings is 1. The molecule has 2 fully saturated rings. The van der Waals surface area contributed by atoms with Crippen molar-refractivity contribution in [3.05, 3.63) is 29.8 Å². The van der Waals surface area contributed by atoms with Crippen LogP contribution < -0.4 is 4.83 Å². The molecule has 0 saturated heterocycles. The lowest BCUT2D eigenvalue weighted by Crippen LogP contribution is -2.27. The highest BCUT2D eigenvalue weighted by atomic mass is 32.2. The van der Waals surface area contributed by atoms with Crippen LogP contribution in [0.15, 0.2) is 34.3 Å². The Morgan fingerprint density at radius 1 is 1.15 bits per heavy atom. The number of hydrazone groups is 1. The fourth-order valence-electron chi connectivity index (χ4n) is 2.90. The van der Waals surface area contributed by atoms with Gasteiger partial charge in [0.2, 0.25) is 0 Å². The first-order chi connectivity index (χ1) is 9.47. The van der Waals surface area contributed by atoms with Crippen LogP contribution in [-0.2, 0) is 14.8 Å². The average molecular weight is 292 g/mol. The number of Topliss-reactive ketones (excluding diaryl/α,β-unsaturated/α-hetero) is 1. The molecule has 2 aliphatic carbocycles. The van der Waals surface area contributed by atoms with Gasteiger partial charge in [-0.3, -0.25) is 4.79 Å². The number of carbonyl (C=O) groups excluding carboxylic acids is 1. The number of fused-ring (bicyclic) bond motifs is 2. The summed E-state index contributed by atoms with van der Waals surface area (Å²) in [6.45, 7) is 1.89. The Morgan fingerprint density at radius 2 is 1.80 bits per heavy atom. The standard InChI is InChI=1S/C14H16N2O3S/c1-9-2-6-12(7-3-9)20(18,19)16-15-13-10-4-5-11(8-10)14(13)17/h2-3,6-7,10-11,16H,4-5,8H2,1H3/b15-13-/t10-,11-/m0/s1. The van der Waals surface area contributed by atoms with Crippen molar-refractivity contribution < 1.29 is 13.2 Å². The average Bonchev–Trinajstić information content (AvgIpc) is 2.98. The number of hydrogen-bond acceptors (Lipinski definition) is 4. The third-order valence-corrected chi connectivity index (χ3v) is 5.28. The van der Waals surface area contributed by atoms with Crippen LogP contribution in [0.5, 0.6) is 0 Å². The molecule has 6 heteroatoms. The van der Waals surface area contributed by atoms with Crippen LogP contribution in [0, 0.1) is 18.8 Å². The number of ketones is 1. The van der Waals surface area contributed by atoms with Crippen LogP contribution in [0.4, 0.5) is 0 Å². The third kappa shape index (κ3) is 2.24. The summed E-state index contributed by atoms with van der Waals surface area (Å²) in [5.74, 6) is 0.198. The van der Waals surface area contributed by atoms with E-state index in [1.807, 2.05) is 6.92 Å². The van der Waals surface area contributed by atoms with E-state index in [0.717, 1.165) is 24.8 Å². The Kier molecular flexibility index (Phi) is 3.12. The van der Waals surface area contributed by atoms with Gasteiger partial charge in [0.05, 0.1) is 4.90 Å². The molecular weight excluding hydrogens is 276 g/mol. The van der Waals surface area contributed by atoms with Crippen LogP contribution in [0.1, 0.15) is 24.8 Å². The Bertz CT molecular complexity index is 677. The first-order valence-corrected chi connectivity index (χ1v) is 8.16. The van der Waals surface area contributed by atoms with Crippen LogP contribution in [0.2, 0.25) is 0 Å². The van der Waals surface area contributed by atoms with Crippen molar-refractivity contribution in [1.82, 2.24) is 4.83 Å². The molecule has 106 valence electrons. The minimum atomic E-state index is -3.69. The van der Waals surface area contributed by atoms with Gasteiger partial charge in [-0.1, -0.05) is 17.7 Å². The van der Waals surface area contributed by atoms with Crippen molar-refractivity contribution >= 4 is 21.5 Å². The van der Waals surface area contributed by atoms with E-state index in [0.29, 0.717) is 5.71 Å². The Balaban J connectivity index is 1.81. The molecule has 1 N–H and O–H groups in total. The van der Waals surface area contributed by atoms with Gasteiger partial charge in [0.1, 0.15) is 5.71 Å². The Labute approximate surface area is 118 Å². The quantitative estimate of drug-likeness (QED) is 0.860. The second-order valence-electron chi connectivity index (χ2n) is 5.48. The van der Waals surface area contributed by atoms with Gasteiger partial charge in [-0.05, 0) is 38.3 Å². The van der Waals surface area contributed by atoms with Gasteiger partial charge in [-0.25, -0.2) is 0 Å². The highest BCUT2D eigenvalue weighted by Crippen LogP contribution is 2.40. The van der Waals surface area contributed by atoms with E-state index >= 15 is 0 Å². The van der Waals surface area contributed by atoms with Gasteiger partial charge < -0.3 is 0 Å². The van der Waals surface area contributed by atoms with E-state index < -0.39 is 10.0 Å². The second kappa shape index (κ2) is 4.70. The highest BCUT2D eigenvalue weighted by molar-refractivity contribution is 7.89. The van der Waals surface area contributed by atoms with Gasteiger partial charge in [0.25, 0.3) is 10.0 Å². The van der Waals surface area contributed by atoms with Gasteiger partial charge in [-0.2, -0.15) is 18.4 Å². The van der Waals surface area contributed by atoms with Crippen molar-refractivity contribution in [3.63, 3.8) is 0 Å². The molecule has 0 spiro atoms. The number of nitrogens with one attached hydrogen (secondary N) is 1. The summed E-state index contributed by atoms with van der Waals surface area (Å²) in [5, 5.41) is 3.89. The molecule has 0 radical (unpaired) electrons. The molecule has 0 unspecified atom stereocenters. The van der Waals surface area contributed by atoms with Crippen molar-refractivity contribution in [2.24, 2.45) is 16.9 Å². The molecule has 0 aliphatic heterocycles. The number of rotatable bonds is 3. The Morgan fingerprint density at radius 3 is 2.40 bits per heavy atom. The predicted molar refractivity (Wildman–Crippen MR) is 74.8 cm³/mol. The van der Waals surface area contributed by atoms with Crippen molar-refractivity contribution in [2.75, 3.05) is 0 Å². The molecule has 20 heavy (non-hydrogen) atoms. The van der Waals surface area contributed by atoms with Crippen LogP contribution >= 0.6 is 0 Å². The molecular formula is C14H16N2O3S. The molecule has 2 saturated carbocycles. The normalized spacial score (nSPS) is 27.2. The zero-order valence-electron chi connectivity index (χ0n) is 11.2. The van der Waals surface area contributed by atoms with Crippen molar-refractivity contribution in [2.45, 2.75) is 31.1 Å². The number of hydrogen-bond donors (Lipinski definition) is 1. The van der Waals surface area contributed by atoms with E-state index in [2.05, 4.69) is 9.93 Å². The minimum Gasteiger partial charge on any atom is -0.292 e. The number of carbonyl (C=O) groups is 1. The maximum atomic E-state index is 12.1. The molecule has 0 aromatic heterocycles. The van der Waals surface area contributed by atoms with Crippen LogP contribution in [0.25, 0.3) is 0 Å². The molecule has 2 aliphatic rings. The Hall–Kier alpha value is -1.69. The lowest BCUT2D eigenvalue weighted by Gasteiger charge is -2.11. The zero-order valence-corrected chi connectivity index (χ0v) is 12.0. The molecule has 3 rings (SSSR count). The molecule has 0 heterocycles. The summed E-state index contributed by atoms with van der Waals surface area (Å²) in [7, 11) is -3.69. The van der Waals surface area contributed by atoms with Gasteiger partial charge >= 0.3 is 0 Å². The van der Waals surface area contributed by atoms with Gasteiger partial charge in [0.15, 0.2) is 5.78 Å². The molecule has 5 nitrogen and oxygen atoms in total. The molecule has 0 amide bonds. The monoisotopic (exact) mass is 292 g/mol. The summed E-state index contributed by atoms with van der Waals surface area (Å²) in [6, 6.07) is 6.51. The first-order valence-electron chi connectivity index (χ1n) is 6.67. The molecule has 2 bridgehead atoms. The number of sulfonamides is 1. The fourth-order valence-corrected chi connectivity index (χ4v) is 3.72. The SMILES string of the molecule is Cc1ccc(S(=O)(=O)N/N=C2\C(=O)[C@H]3CC[C@H]2C3)cc1. The fraction of sp³-hybridized carbons (Fsp3) is 0.429. The first kappa shape index (κ1) is 13.3. The highest BCUT2D eigenvalue weighted by Gasteiger charge is 2.44. The lowest BCUT2D eigenvalue weighted by atomic mass is 9.97. The topological polar surface area (TPSA) is 75.6 Å². The maximum absolute atomic E-state index is 12.1. The zero-order chi connectivity index (χ0) is 14.3. The summed E-state index contributed by atoms with van der Waals surface area (Å²) in [4.78, 5) is 14.2. The number of aryl methyl sites for hydroxylation is 1. The predicted octanol–water partition coefficient (Wildman–Crippen LogP) is 1.63. The van der Waals surface area contributed by atoms with E-state index in [4.69, 9.17) is 0 Å². The largest absolute Gasteiger partial charge is 0.292 e. The summed E-state index contributed by atoms with van der Waals surface area (Å²) in [6.07, 6.45) is 2.67. The smallest absolute Gasteiger partial charge is 0.276 e. The molecule has 1 aromatic carbocycles. The number of nitrogens with zero attached hydrogens (tertiary/aromatic N) is 1. The van der Waals surface area contributed by atoms with E-state index in [-0.39, 0.29) is 22.5 Å². The van der Waals surface area contributed by atoms with Crippen LogP contribution in [0.3, 0.4) is 0 Å². The minimum absolute atomic E-state index is 0.00727. The molecule has 1 aromatic rings.